The van der Waals surface area contributed by atoms with Crippen LogP contribution in [0.25, 0.3) is 10.8 Å². The molecule has 0 unspecified atom stereocenters. The number of benzene rings is 2. The van der Waals surface area contributed by atoms with Crippen molar-refractivity contribution in [2.75, 3.05) is 13.2 Å². The Morgan fingerprint density at radius 3 is 2.33 bits per heavy atom. The lowest BCUT2D eigenvalue weighted by atomic mass is 9.92. The maximum Gasteiger partial charge on any atom is 0.410 e. The molecule has 0 saturated carbocycles. The van der Waals surface area contributed by atoms with Crippen LogP contribution in [-0.2, 0) is 4.79 Å². The number of fused-ring (bicyclic) bond motifs is 1. The molecule has 2 aromatic carbocycles. The molecular formula is C26H35F3N2O2. The molecule has 0 aromatic heterocycles. The monoisotopic (exact) mass is 464 g/mol. The third kappa shape index (κ3) is 6.19. The predicted octanol–water partition coefficient (Wildman–Crippen LogP) is 6.95. The van der Waals surface area contributed by atoms with E-state index in [1.807, 2.05) is 0 Å². The highest BCUT2D eigenvalue weighted by molar-refractivity contribution is 5.89. The summed E-state index contributed by atoms with van der Waals surface area (Å²) in [5.74, 6) is -0.191. The number of halogens is 3. The first-order valence-electron chi connectivity index (χ1n) is 11.9. The molecule has 2 aromatic rings. The van der Waals surface area contributed by atoms with Crippen LogP contribution < -0.4 is 10.2 Å². The highest BCUT2D eigenvalue weighted by Gasteiger charge is 2.52. The Kier molecular flexibility index (Phi) is 8.27. The molecule has 0 bridgehead atoms. The molecule has 33 heavy (non-hydrogen) atoms. The predicted molar refractivity (Wildman–Crippen MR) is 125 cm³/mol. The van der Waals surface area contributed by atoms with E-state index in [9.17, 15) is 18.0 Å². The van der Waals surface area contributed by atoms with Crippen molar-refractivity contribution in [2.45, 2.75) is 77.9 Å². The molecule has 182 valence electrons. The molecule has 0 aliphatic carbocycles. The quantitative estimate of drug-likeness (QED) is 0.366. The molecule has 0 spiro atoms. The van der Waals surface area contributed by atoms with Crippen LogP contribution in [-0.4, -0.2) is 30.2 Å². The summed E-state index contributed by atoms with van der Waals surface area (Å²) in [5, 5.41) is 2.20. The molecule has 1 fully saturated rings. The van der Waals surface area contributed by atoms with E-state index in [2.05, 4.69) is 12.3 Å². The zero-order valence-corrected chi connectivity index (χ0v) is 19.8. The molecule has 1 aliphatic heterocycles. The molecule has 1 heterocycles. The summed E-state index contributed by atoms with van der Waals surface area (Å²) in [6, 6.07) is 8.42. The van der Waals surface area contributed by atoms with Crippen LogP contribution in [0.15, 0.2) is 36.4 Å². The maximum atomic E-state index is 14.5. The van der Waals surface area contributed by atoms with Gasteiger partial charge in [0, 0.05) is 12.1 Å². The Morgan fingerprint density at radius 2 is 1.70 bits per heavy atom. The zero-order chi connectivity index (χ0) is 24.1. The van der Waals surface area contributed by atoms with Crippen molar-refractivity contribution in [3.05, 3.63) is 42.0 Å². The van der Waals surface area contributed by atoms with E-state index in [1.165, 1.54) is 25.7 Å². The maximum absolute atomic E-state index is 14.5. The Balaban J connectivity index is 1.86. The fourth-order valence-corrected chi connectivity index (χ4v) is 4.40. The third-order valence-electron chi connectivity index (χ3n) is 6.26. The molecule has 1 atom stereocenters. The number of rotatable bonds is 11. The van der Waals surface area contributed by atoms with Gasteiger partial charge in [-0.25, -0.2) is 5.01 Å². The normalized spacial score (nSPS) is 17.3. The van der Waals surface area contributed by atoms with Gasteiger partial charge < -0.3 is 4.74 Å². The number of nitrogens with one attached hydrogen (secondary N) is 1. The lowest BCUT2D eigenvalue weighted by molar-refractivity contribution is -0.191. The van der Waals surface area contributed by atoms with Gasteiger partial charge in [-0.3, -0.25) is 10.2 Å². The number of hydrazine groups is 1. The summed E-state index contributed by atoms with van der Waals surface area (Å²) in [6.07, 6.45) is 3.12. The van der Waals surface area contributed by atoms with Gasteiger partial charge in [0.1, 0.15) is 5.75 Å². The number of nitrogens with zero attached hydrogens (tertiary/aromatic N) is 1. The molecule has 4 nitrogen and oxygen atoms in total. The van der Waals surface area contributed by atoms with Crippen LogP contribution >= 0.6 is 0 Å². The second-order valence-corrected chi connectivity index (χ2v) is 9.57. The third-order valence-corrected chi connectivity index (χ3v) is 6.26. The number of carbonyl (C=O) groups is 1. The van der Waals surface area contributed by atoms with E-state index in [0.717, 1.165) is 24.3 Å². The second-order valence-electron chi connectivity index (χ2n) is 9.57. The van der Waals surface area contributed by atoms with E-state index in [4.69, 9.17) is 4.74 Å². The van der Waals surface area contributed by atoms with Gasteiger partial charge in [-0.15, -0.1) is 0 Å². The average molecular weight is 465 g/mol. The summed E-state index contributed by atoms with van der Waals surface area (Å²) < 4.78 is 49.4. The van der Waals surface area contributed by atoms with Gasteiger partial charge in [0.2, 0.25) is 5.91 Å². The Bertz CT molecular complexity index is 943. The molecule has 7 heteroatoms. The molecule has 3 rings (SSSR count). The Morgan fingerprint density at radius 1 is 1.03 bits per heavy atom. The van der Waals surface area contributed by atoms with Crippen molar-refractivity contribution < 1.29 is 22.7 Å². The smallest absolute Gasteiger partial charge is 0.410 e. The number of hydrogen-bond acceptors (Lipinski definition) is 3. The van der Waals surface area contributed by atoms with Crippen LogP contribution in [0.4, 0.5) is 13.2 Å². The Hall–Kier alpha value is -2.28. The largest absolute Gasteiger partial charge is 0.493 e. The van der Waals surface area contributed by atoms with Crippen LogP contribution in [0, 0.1) is 5.41 Å². The second kappa shape index (κ2) is 10.8. The lowest BCUT2D eigenvalue weighted by Gasteiger charge is -2.32. The van der Waals surface area contributed by atoms with Crippen molar-refractivity contribution in [1.29, 1.82) is 0 Å². The molecule has 1 amide bonds. The fraction of sp³-hybridized carbons (Fsp3) is 0.577. The van der Waals surface area contributed by atoms with Gasteiger partial charge in [-0.1, -0.05) is 75.8 Å². The van der Waals surface area contributed by atoms with Gasteiger partial charge in [-0.2, -0.15) is 13.2 Å². The molecule has 1 saturated heterocycles. The number of carbonyl (C=O) groups excluding carboxylic acids is 1. The first-order chi connectivity index (χ1) is 15.6. The van der Waals surface area contributed by atoms with Crippen LogP contribution in [0.5, 0.6) is 5.75 Å². The first-order valence-corrected chi connectivity index (χ1v) is 11.9. The van der Waals surface area contributed by atoms with E-state index in [1.54, 1.807) is 50.2 Å². The summed E-state index contributed by atoms with van der Waals surface area (Å²) in [4.78, 5) is 12.3. The summed E-state index contributed by atoms with van der Waals surface area (Å²) in [5.41, 5.74) is 1.61. The highest BCUT2D eigenvalue weighted by Crippen LogP contribution is 2.46. The average Bonchev–Trinajstić information content (AvgIpc) is 3.02. The van der Waals surface area contributed by atoms with Gasteiger partial charge in [0.25, 0.3) is 0 Å². The van der Waals surface area contributed by atoms with E-state index in [-0.39, 0.29) is 17.9 Å². The molecular weight excluding hydrogens is 429 g/mol. The van der Waals surface area contributed by atoms with E-state index in [0.29, 0.717) is 17.4 Å². The lowest BCUT2D eigenvalue weighted by Crippen LogP contribution is -2.43. The minimum absolute atomic E-state index is 0.0452. The van der Waals surface area contributed by atoms with Crippen LogP contribution in [0.1, 0.15) is 77.3 Å². The van der Waals surface area contributed by atoms with Crippen molar-refractivity contribution >= 4 is 16.7 Å². The van der Waals surface area contributed by atoms with Gasteiger partial charge >= 0.3 is 6.18 Å². The SMILES string of the molecule is CCCCCCCCCOc1ccc2ccccc2c1[C@H](N1CC(C)(C)C(=O)N1)C(F)(F)F. The first kappa shape index (κ1) is 25.3. The Labute approximate surface area is 194 Å². The minimum Gasteiger partial charge on any atom is -0.493 e. The number of alkyl halides is 3. The molecule has 1 N–H and O–H groups in total. The number of ether oxygens (including phenoxy) is 1. The van der Waals surface area contributed by atoms with Crippen molar-refractivity contribution in [3.63, 3.8) is 0 Å². The number of hydrogen-bond donors (Lipinski definition) is 1. The summed E-state index contributed by atoms with van der Waals surface area (Å²) in [6.45, 7) is 5.79. The standard InChI is InChI=1S/C26H35F3N2O2/c1-4-5-6-7-8-9-12-17-33-21-16-15-19-13-10-11-14-20(19)22(21)23(26(27,28)29)31-18-25(2,3)24(32)30-31/h10-11,13-16,23H,4-9,12,17-18H2,1-3H3,(H,30,32)/t23-/m0/s1. The molecule has 0 radical (unpaired) electrons. The topological polar surface area (TPSA) is 41.6 Å². The number of amides is 1. The number of unbranched alkanes of at least 4 members (excludes halogenated alkanes) is 6. The molecule has 1 aliphatic rings. The van der Waals surface area contributed by atoms with Crippen LogP contribution in [0.2, 0.25) is 0 Å². The summed E-state index contributed by atoms with van der Waals surface area (Å²) in [7, 11) is 0. The van der Waals surface area contributed by atoms with Gasteiger partial charge in [-0.05, 0) is 37.1 Å². The van der Waals surface area contributed by atoms with Crippen molar-refractivity contribution in [3.8, 4) is 5.75 Å². The highest BCUT2D eigenvalue weighted by atomic mass is 19.4. The van der Waals surface area contributed by atoms with Gasteiger partial charge in [0.15, 0.2) is 6.04 Å². The van der Waals surface area contributed by atoms with Gasteiger partial charge in [0.05, 0.1) is 12.0 Å². The van der Waals surface area contributed by atoms with Crippen molar-refractivity contribution in [1.82, 2.24) is 10.4 Å². The minimum atomic E-state index is -4.60. The van der Waals surface area contributed by atoms with E-state index >= 15 is 0 Å². The summed E-state index contributed by atoms with van der Waals surface area (Å²) >= 11 is 0. The van der Waals surface area contributed by atoms with Crippen molar-refractivity contribution in [2.24, 2.45) is 5.41 Å². The zero-order valence-electron chi connectivity index (χ0n) is 19.8. The fourth-order valence-electron chi connectivity index (χ4n) is 4.40. The van der Waals surface area contributed by atoms with Crippen LogP contribution in [0.3, 0.4) is 0 Å². The van der Waals surface area contributed by atoms with E-state index < -0.39 is 23.5 Å².